The maximum atomic E-state index is 4.83. The Balaban J connectivity index is 2.99. The van der Waals surface area contributed by atoms with E-state index in [-0.39, 0.29) is 6.35 Å². The van der Waals surface area contributed by atoms with Crippen LogP contribution in [0, 0.1) is 0 Å². The molecule has 0 spiro atoms. The quantitative estimate of drug-likeness (QED) is 0.467. The number of methoxy groups -OCH3 is 1. The minimum atomic E-state index is -0.0139. The van der Waals surface area contributed by atoms with Crippen LogP contribution in [0.3, 0.4) is 0 Å². The van der Waals surface area contributed by atoms with E-state index < -0.39 is 0 Å². The summed E-state index contributed by atoms with van der Waals surface area (Å²) in [7, 11) is 5.28. The molecule has 0 atom stereocenters. The molecule has 0 aromatic rings. The van der Waals surface area contributed by atoms with Crippen molar-refractivity contribution in [3.05, 3.63) is 0 Å². The molecule has 0 aliphatic heterocycles. The molecule has 3 nitrogen and oxygen atoms in total. The third kappa shape index (κ3) is 2.56. The van der Waals surface area contributed by atoms with E-state index in [4.69, 9.17) is 4.74 Å². The van der Waals surface area contributed by atoms with Crippen molar-refractivity contribution >= 4 is 0 Å². The fraction of sp³-hybridized carbons (Fsp3) is 1.00. The van der Waals surface area contributed by atoms with Gasteiger partial charge in [-0.3, -0.25) is 10.6 Å². The molecule has 3 heteroatoms. The maximum Gasteiger partial charge on any atom is 0.162 e. The summed E-state index contributed by atoms with van der Waals surface area (Å²) in [6.07, 6.45) is -0.0139. The van der Waals surface area contributed by atoms with Crippen molar-refractivity contribution in [1.29, 1.82) is 0 Å². The molecular weight excluding hydrogens is 92.1 g/mol. The highest BCUT2D eigenvalue weighted by molar-refractivity contribution is 4.37. The van der Waals surface area contributed by atoms with Crippen LogP contribution in [-0.2, 0) is 4.74 Å². The predicted molar refractivity (Wildman–Crippen MR) is 28.9 cm³/mol. The second kappa shape index (κ2) is 4.05. The van der Waals surface area contributed by atoms with Crippen LogP contribution in [0.25, 0.3) is 0 Å². The second-order valence-electron chi connectivity index (χ2n) is 1.19. The van der Waals surface area contributed by atoms with Gasteiger partial charge in [-0.2, -0.15) is 0 Å². The summed E-state index contributed by atoms with van der Waals surface area (Å²) in [5.41, 5.74) is 0. The van der Waals surface area contributed by atoms with Crippen LogP contribution in [0.15, 0.2) is 0 Å². The van der Waals surface area contributed by atoms with E-state index in [9.17, 15) is 0 Å². The fourth-order valence-electron chi connectivity index (χ4n) is 0.380. The molecule has 0 amide bonds. The molecule has 0 fully saturated rings. The van der Waals surface area contributed by atoms with Gasteiger partial charge in [0, 0.05) is 7.11 Å². The molecule has 0 aromatic heterocycles. The Bertz CT molecular complexity index is 31.2. The van der Waals surface area contributed by atoms with Gasteiger partial charge in [-0.25, -0.2) is 0 Å². The van der Waals surface area contributed by atoms with Crippen LogP contribution in [0.2, 0.25) is 0 Å². The number of nitrogens with one attached hydrogen (secondary N) is 2. The smallest absolute Gasteiger partial charge is 0.162 e. The second-order valence-corrected chi connectivity index (χ2v) is 1.19. The third-order valence-electron chi connectivity index (χ3n) is 0.760. The highest BCUT2D eigenvalue weighted by Gasteiger charge is 1.92. The maximum absolute atomic E-state index is 4.83. The lowest BCUT2D eigenvalue weighted by molar-refractivity contribution is 0.0592. The van der Waals surface area contributed by atoms with Gasteiger partial charge in [0.05, 0.1) is 0 Å². The zero-order valence-electron chi connectivity index (χ0n) is 4.99. The number of hydrogen-bond acceptors (Lipinski definition) is 3. The topological polar surface area (TPSA) is 33.3 Å². The summed E-state index contributed by atoms with van der Waals surface area (Å²) in [6.45, 7) is 0. The summed E-state index contributed by atoms with van der Waals surface area (Å²) in [6, 6.07) is 0. The first-order valence-corrected chi connectivity index (χ1v) is 2.22. The van der Waals surface area contributed by atoms with Crippen LogP contribution in [0.4, 0.5) is 0 Å². The molecule has 0 bridgehead atoms. The molecule has 0 radical (unpaired) electrons. The van der Waals surface area contributed by atoms with Gasteiger partial charge in [-0.05, 0) is 14.1 Å². The Hall–Kier alpha value is -0.120. The van der Waals surface area contributed by atoms with E-state index in [0.717, 1.165) is 0 Å². The molecular formula is C4H12N2O. The van der Waals surface area contributed by atoms with Crippen molar-refractivity contribution in [1.82, 2.24) is 10.6 Å². The number of ether oxygens (including phenoxy) is 1. The van der Waals surface area contributed by atoms with Crippen molar-refractivity contribution in [3.8, 4) is 0 Å². The lowest BCUT2D eigenvalue weighted by atomic mass is 10.9. The van der Waals surface area contributed by atoms with Gasteiger partial charge >= 0.3 is 0 Å². The van der Waals surface area contributed by atoms with E-state index in [1.54, 1.807) is 7.11 Å². The van der Waals surface area contributed by atoms with Crippen molar-refractivity contribution in [3.63, 3.8) is 0 Å². The van der Waals surface area contributed by atoms with Crippen molar-refractivity contribution in [2.45, 2.75) is 6.35 Å². The molecule has 0 rings (SSSR count). The molecule has 7 heavy (non-hydrogen) atoms. The lowest BCUT2D eigenvalue weighted by Gasteiger charge is -2.10. The lowest BCUT2D eigenvalue weighted by Crippen LogP contribution is -2.38. The molecule has 0 unspecified atom stereocenters. The Kier molecular flexibility index (Phi) is 3.98. The Morgan fingerprint density at radius 1 is 1.29 bits per heavy atom. The Morgan fingerprint density at radius 2 is 1.71 bits per heavy atom. The summed E-state index contributed by atoms with van der Waals surface area (Å²) in [4.78, 5) is 0. The molecule has 0 aromatic carbocycles. The van der Waals surface area contributed by atoms with Gasteiger partial charge in [0.15, 0.2) is 6.35 Å². The SMILES string of the molecule is CNC(NC)OC. The van der Waals surface area contributed by atoms with E-state index in [0.29, 0.717) is 0 Å². The summed E-state index contributed by atoms with van der Waals surface area (Å²) in [5.74, 6) is 0. The van der Waals surface area contributed by atoms with Crippen molar-refractivity contribution < 1.29 is 4.74 Å². The Morgan fingerprint density at radius 3 is 1.71 bits per heavy atom. The molecule has 0 heterocycles. The highest BCUT2D eigenvalue weighted by atomic mass is 16.5. The van der Waals surface area contributed by atoms with Gasteiger partial charge < -0.3 is 4.74 Å². The van der Waals surface area contributed by atoms with Gasteiger partial charge in [0.2, 0.25) is 0 Å². The predicted octanol–water partition coefficient (Wildman–Crippen LogP) is -0.645. The Labute approximate surface area is 44.0 Å². The highest BCUT2D eigenvalue weighted by Crippen LogP contribution is 1.69. The van der Waals surface area contributed by atoms with Gasteiger partial charge in [-0.1, -0.05) is 0 Å². The molecule has 0 aliphatic rings. The van der Waals surface area contributed by atoms with E-state index in [1.165, 1.54) is 0 Å². The minimum absolute atomic E-state index is 0.0139. The first-order chi connectivity index (χ1) is 3.35. The van der Waals surface area contributed by atoms with Crippen molar-refractivity contribution in [2.75, 3.05) is 21.2 Å². The molecule has 0 aliphatic carbocycles. The number of rotatable bonds is 3. The van der Waals surface area contributed by atoms with Crippen LogP contribution in [-0.4, -0.2) is 27.6 Å². The van der Waals surface area contributed by atoms with E-state index >= 15 is 0 Å². The standard InChI is InChI=1S/C4H12N2O/c1-5-4(6-2)7-3/h4-6H,1-3H3. The van der Waals surface area contributed by atoms with Gasteiger partial charge in [-0.15, -0.1) is 0 Å². The third-order valence-corrected chi connectivity index (χ3v) is 0.760. The normalized spacial score (nSPS) is 10.3. The van der Waals surface area contributed by atoms with Crippen molar-refractivity contribution in [2.24, 2.45) is 0 Å². The fourth-order valence-corrected chi connectivity index (χ4v) is 0.380. The molecule has 0 saturated heterocycles. The van der Waals surface area contributed by atoms with Crippen LogP contribution >= 0.6 is 0 Å². The van der Waals surface area contributed by atoms with Crippen LogP contribution in [0.1, 0.15) is 0 Å². The first kappa shape index (κ1) is 6.88. The molecule has 2 N–H and O–H groups in total. The zero-order valence-corrected chi connectivity index (χ0v) is 4.99. The summed E-state index contributed by atoms with van der Waals surface area (Å²) in [5, 5.41) is 5.74. The van der Waals surface area contributed by atoms with Gasteiger partial charge in [0.25, 0.3) is 0 Å². The molecule has 44 valence electrons. The van der Waals surface area contributed by atoms with Crippen LogP contribution < -0.4 is 10.6 Å². The minimum Gasteiger partial charge on any atom is -0.353 e. The average Bonchev–Trinajstić information content (AvgIpc) is 1.72. The zero-order chi connectivity index (χ0) is 5.70. The first-order valence-electron chi connectivity index (χ1n) is 2.22. The average molecular weight is 104 g/mol. The molecule has 0 saturated carbocycles. The number of hydrogen-bond donors (Lipinski definition) is 2. The van der Waals surface area contributed by atoms with E-state index in [1.807, 2.05) is 14.1 Å². The van der Waals surface area contributed by atoms with E-state index in [2.05, 4.69) is 10.6 Å². The van der Waals surface area contributed by atoms with Crippen LogP contribution in [0.5, 0.6) is 0 Å². The summed E-state index contributed by atoms with van der Waals surface area (Å²) >= 11 is 0. The largest absolute Gasteiger partial charge is 0.353 e. The summed E-state index contributed by atoms with van der Waals surface area (Å²) < 4.78 is 4.83. The monoisotopic (exact) mass is 104 g/mol. The van der Waals surface area contributed by atoms with Gasteiger partial charge in [0.1, 0.15) is 0 Å².